The molecule has 6 nitrogen and oxygen atoms in total. The van der Waals surface area contributed by atoms with Crippen LogP contribution in [-0.4, -0.2) is 53.4 Å². The smallest absolute Gasteiger partial charge is 0.373 e. The molecular weight excluding hydrogens is 274 g/mol. The van der Waals surface area contributed by atoms with Crippen LogP contribution in [0.3, 0.4) is 0 Å². The minimum Gasteiger partial charge on any atom is -0.373 e. The first-order valence-corrected chi connectivity index (χ1v) is 9.49. The van der Waals surface area contributed by atoms with Crippen molar-refractivity contribution < 1.29 is 13.3 Å². The lowest BCUT2D eigenvalue weighted by molar-refractivity contribution is 0.0248. The second-order valence-electron chi connectivity index (χ2n) is 4.68. The Kier molecular flexibility index (Phi) is 11.6. The van der Waals surface area contributed by atoms with Crippen molar-refractivity contribution in [3.63, 3.8) is 0 Å². The van der Waals surface area contributed by atoms with Gasteiger partial charge in [-0.25, -0.2) is 0 Å². The molecule has 0 fully saturated rings. The first-order valence-electron chi connectivity index (χ1n) is 7.69. The molecule has 0 heterocycles. The summed E-state index contributed by atoms with van der Waals surface area (Å²) >= 11 is 0. The highest BCUT2D eigenvalue weighted by molar-refractivity contribution is 6.62. The summed E-state index contributed by atoms with van der Waals surface area (Å²) in [5.41, 5.74) is 11.3. The largest absolute Gasteiger partial charge is 0.519 e. The quantitative estimate of drug-likeness (QED) is 0.432. The Morgan fingerprint density at radius 2 is 1.65 bits per heavy atom. The third-order valence-electron chi connectivity index (χ3n) is 3.00. The maximum atomic E-state index is 6.22. The van der Waals surface area contributed by atoms with E-state index in [1.54, 1.807) is 0 Å². The predicted octanol–water partition coefficient (Wildman–Crippen LogP) is 0.618. The van der Waals surface area contributed by atoms with E-state index < -0.39 is 8.80 Å². The first kappa shape index (κ1) is 20.0. The number of nitrogens with two attached hydrogens (primary N) is 2. The van der Waals surface area contributed by atoms with Crippen molar-refractivity contribution in [3.05, 3.63) is 0 Å². The van der Waals surface area contributed by atoms with Gasteiger partial charge in [0.05, 0.1) is 5.67 Å². The average molecular weight is 308 g/mol. The predicted molar refractivity (Wildman–Crippen MR) is 84.4 cm³/mol. The Labute approximate surface area is 124 Å². The van der Waals surface area contributed by atoms with Crippen LogP contribution in [0.4, 0.5) is 0 Å². The van der Waals surface area contributed by atoms with Gasteiger partial charge in [-0.1, -0.05) is 6.92 Å². The summed E-state index contributed by atoms with van der Waals surface area (Å²) in [4.78, 5) is 0. The number of nitrogens with one attached hydrogen (secondary N) is 1. The lowest BCUT2D eigenvalue weighted by Crippen LogP contribution is -2.63. The van der Waals surface area contributed by atoms with E-state index >= 15 is 0 Å². The van der Waals surface area contributed by atoms with Crippen molar-refractivity contribution >= 4 is 8.80 Å². The Morgan fingerprint density at radius 1 is 1.05 bits per heavy atom. The van der Waals surface area contributed by atoms with Crippen LogP contribution >= 0.6 is 0 Å². The second-order valence-corrected chi connectivity index (χ2v) is 7.40. The van der Waals surface area contributed by atoms with Gasteiger partial charge in [-0.15, -0.1) is 0 Å². The second kappa shape index (κ2) is 11.6. The van der Waals surface area contributed by atoms with E-state index in [2.05, 4.69) is 12.2 Å². The maximum absolute atomic E-state index is 6.22. The summed E-state index contributed by atoms with van der Waals surface area (Å²) in [5, 5.41) is 3.41. The van der Waals surface area contributed by atoms with Crippen LogP contribution in [0.1, 0.15) is 40.5 Å². The van der Waals surface area contributed by atoms with Crippen molar-refractivity contribution in [1.29, 1.82) is 0 Å². The zero-order chi connectivity index (χ0) is 15.4. The maximum Gasteiger partial charge on any atom is 0.519 e. The molecule has 20 heavy (non-hydrogen) atoms. The zero-order valence-electron chi connectivity index (χ0n) is 13.5. The Hall–Kier alpha value is -0.0231. The molecule has 0 aromatic rings. The van der Waals surface area contributed by atoms with Gasteiger partial charge in [0.25, 0.3) is 0 Å². The Morgan fingerprint density at radius 3 is 2.05 bits per heavy atom. The van der Waals surface area contributed by atoms with Gasteiger partial charge in [0.15, 0.2) is 0 Å². The van der Waals surface area contributed by atoms with Gasteiger partial charge in [0.2, 0.25) is 0 Å². The van der Waals surface area contributed by atoms with Gasteiger partial charge < -0.3 is 30.1 Å². The molecule has 0 aromatic heterocycles. The van der Waals surface area contributed by atoms with E-state index in [0.29, 0.717) is 26.3 Å². The van der Waals surface area contributed by atoms with Gasteiger partial charge in [-0.05, 0) is 40.2 Å². The van der Waals surface area contributed by atoms with Crippen molar-refractivity contribution in [3.8, 4) is 0 Å². The molecule has 0 spiro atoms. The normalized spacial score (nSPS) is 15.3. The molecule has 0 bridgehead atoms. The van der Waals surface area contributed by atoms with Crippen molar-refractivity contribution in [2.75, 3.05) is 32.8 Å². The molecule has 122 valence electrons. The van der Waals surface area contributed by atoms with Crippen molar-refractivity contribution in [2.45, 2.75) is 52.3 Å². The summed E-state index contributed by atoms with van der Waals surface area (Å²) in [6, 6.07) is 0. The topological polar surface area (TPSA) is 91.8 Å². The van der Waals surface area contributed by atoms with E-state index in [1.165, 1.54) is 0 Å². The van der Waals surface area contributed by atoms with Crippen molar-refractivity contribution in [1.82, 2.24) is 5.32 Å². The monoisotopic (exact) mass is 307 g/mol. The van der Waals surface area contributed by atoms with Gasteiger partial charge in [-0.2, -0.15) is 0 Å². The standard InChI is InChI=1S/C13H33N3O3Si/c1-5-13(16-11-10-15)20(17-6-2,18-7-3)19-12(4)8-9-14/h12-13,16H,5-11,14-15H2,1-4H3. The van der Waals surface area contributed by atoms with Gasteiger partial charge in [0.1, 0.15) is 0 Å². The van der Waals surface area contributed by atoms with E-state index in [0.717, 1.165) is 19.4 Å². The lowest BCUT2D eigenvalue weighted by atomic mass is 10.3. The number of hydrogen-bond donors (Lipinski definition) is 3. The Balaban J connectivity index is 5.03. The molecule has 0 saturated heterocycles. The molecule has 2 atom stereocenters. The molecule has 0 rings (SSSR count). The fraction of sp³-hybridized carbons (Fsp3) is 1.00. The summed E-state index contributed by atoms with van der Waals surface area (Å²) in [6.45, 7) is 11.1. The molecule has 0 aliphatic heterocycles. The highest BCUT2D eigenvalue weighted by Gasteiger charge is 2.49. The third-order valence-corrected chi connectivity index (χ3v) is 6.58. The van der Waals surface area contributed by atoms with E-state index in [1.807, 2.05) is 20.8 Å². The molecule has 5 N–H and O–H groups in total. The first-order chi connectivity index (χ1) is 9.60. The molecule has 0 radical (unpaired) electrons. The third kappa shape index (κ3) is 6.62. The highest BCUT2D eigenvalue weighted by atomic mass is 28.4. The minimum absolute atomic E-state index is 0.0264. The van der Waals surface area contributed by atoms with E-state index in [9.17, 15) is 0 Å². The van der Waals surface area contributed by atoms with Gasteiger partial charge in [-0.3, -0.25) is 0 Å². The summed E-state index contributed by atoms with van der Waals surface area (Å²) < 4.78 is 18.2. The summed E-state index contributed by atoms with van der Waals surface area (Å²) in [7, 11) is -2.78. The van der Waals surface area contributed by atoms with E-state index in [-0.39, 0.29) is 11.8 Å². The van der Waals surface area contributed by atoms with Crippen LogP contribution in [0.15, 0.2) is 0 Å². The van der Waals surface area contributed by atoms with Gasteiger partial charge >= 0.3 is 8.80 Å². The summed E-state index contributed by atoms with van der Waals surface area (Å²) in [6.07, 6.45) is 1.70. The lowest BCUT2D eigenvalue weighted by Gasteiger charge is -2.37. The van der Waals surface area contributed by atoms with E-state index in [4.69, 9.17) is 24.7 Å². The van der Waals surface area contributed by atoms with Crippen LogP contribution in [0, 0.1) is 0 Å². The van der Waals surface area contributed by atoms with Crippen molar-refractivity contribution in [2.24, 2.45) is 11.5 Å². The zero-order valence-corrected chi connectivity index (χ0v) is 14.5. The van der Waals surface area contributed by atoms with Crippen LogP contribution in [0.25, 0.3) is 0 Å². The fourth-order valence-electron chi connectivity index (χ4n) is 2.15. The Bertz CT molecular complexity index is 229. The number of rotatable bonds is 13. The van der Waals surface area contributed by atoms with Crippen LogP contribution in [0.2, 0.25) is 0 Å². The molecular formula is C13H33N3O3Si. The number of hydrogen-bond acceptors (Lipinski definition) is 6. The molecule has 2 unspecified atom stereocenters. The van der Waals surface area contributed by atoms with Crippen LogP contribution in [-0.2, 0) is 13.3 Å². The molecule has 0 aliphatic carbocycles. The molecule has 0 aromatic carbocycles. The van der Waals surface area contributed by atoms with Gasteiger partial charge in [0, 0.05) is 32.4 Å². The van der Waals surface area contributed by atoms with Crippen LogP contribution in [0.5, 0.6) is 0 Å². The minimum atomic E-state index is -2.78. The molecule has 0 aliphatic rings. The SMILES string of the molecule is CCO[Si](OCC)(OC(C)CCN)C(CC)NCCN. The molecule has 0 saturated carbocycles. The van der Waals surface area contributed by atoms with Crippen LogP contribution < -0.4 is 16.8 Å². The highest BCUT2D eigenvalue weighted by Crippen LogP contribution is 2.20. The fourth-order valence-corrected chi connectivity index (χ4v) is 5.31. The molecule has 0 amide bonds. The average Bonchev–Trinajstić information content (AvgIpc) is 2.40. The summed E-state index contributed by atoms with van der Waals surface area (Å²) in [5.74, 6) is 0. The molecule has 7 heteroatoms.